The molecule has 1 aromatic heterocycles. The largest absolute Gasteiger partial charge is 0.368 e. The number of hydrogen-bond donors (Lipinski definition) is 1. The molecule has 34 heavy (non-hydrogen) atoms. The smallest absolute Gasteiger partial charge is 0.322 e. The molecule has 0 radical (unpaired) electrons. The fourth-order valence-electron chi connectivity index (χ4n) is 3.93. The van der Waals surface area contributed by atoms with Crippen LogP contribution >= 0.6 is 0 Å². The third-order valence-corrected chi connectivity index (χ3v) is 5.73. The molecule has 0 aliphatic carbocycles. The Kier molecular flexibility index (Phi) is 13.6. The molecule has 0 saturated carbocycles. The summed E-state index contributed by atoms with van der Waals surface area (Å²) in [6, 6.07) is 11.2. The van der Waals surface area contributed by atoms with Gasteiger partial charge in [-0.25, -0.2) is 0 Å². The summed E-state index contributed by atoms with van der Waals surface area (Å²) >= 11 is 0. The minimum absolute atomic E-state index is 0.0639. The van der Waals surface area contributed by atoms with Gasteiger partial charge in [0.1, 0.15) is 0 Å². The van der Waals surface area contributed by atoms with Crippen LogP contribution in [0.4, 0.5) is 0 Å². The quantitative estimate of drug-likeness (QED) is 0.221. The molecule has 0 fully saturated rings. The minimum atomic E-state index is -0.376. The first-order valence-electron chi connectivity index (χ1n) is 12.8. The SMILES string of the molecule is CCCCCCCCCCCCNC(=O)c1cccc(CN(Cc2ccncc2)OC(C)=O)c1. The summed E-state index contributed by atoms with van der Waals surface area (Å²) < 4.78 is 0. The Morgan fingerprint density at radius 3 is 2.12 bits per heavy atom. The summed E-state index contributed by atoms with van der Waals surface area (Å²) in [5.74, 6) is -0.439. The highest BCUT2D eigenvalue weighted by Gasteiger charge is 2.13. The molecule has 2 aromatic rings. The van der Waals surface area contributed by atoms with Gasteiger partial charge in [0, 0.05) is 31.4 Å². The fraction of sp³-hybridized carbons (Fsp3) is 0.536. The van der Waals surface area contributed by atoms with Gasteiger partial charge in [-0.05, 0) is 41.8 Å². The number of carbonyl (C=O) groups excluding carboxylic acids is 2. The standard InChI is InChI=1S/C28H41N3O3/c1-3-4-5-6-7-8-9-10-11-12-18-30-28(33)27-15-13-14-26(21-27)23-31(34-24(2)32)22-25-16-19-29-20-17-25/h13-17,19-21H,3-12,18,22-23H2,1-2H3,(H,30,33). The number of amides is 1. The number of carbonyl (C=O) groups is 2. The molecule has 0 aliphatic rings. The van der Waals surface area contributed by atoms with Crippen molar-refractivity contribution in [3.05, 3.63) is 65.5 Å². The molecule has 0 bridgehead atoms. The summed E-state index contributed by atoms with van der Waals surface area (Å²) in [6.07, 6.45) is 16.2. The molecule has 186 valence electrons. The molecular formula is C28H41N3O3. The Labute approximate surface area is 205 Å². The summed E-state index contributed by atoms with van der Waals surface area (Å²) in [5, 5.41) is 4.63. The van der Waals surface area contributed by atoms with Crippen molar-refractivity contribution in [1.82, 2.24) is 15.4 Å². The Balaban J connectivity index is 1.72. The van der Waals surface area contributed by atoms with E-state index in [0.29, 0.717) is 25.2 Å². The van der Waals surface area contributed by atoms with Crippen molar-refractivity contribution in [1.29, 1.82) is 0 Å². The van der Waals surface area contributed by atoms with Crippen LogP contribution in [0.3, 0.4) is 0 Å². The lowest BCUT2D eigenvalue weighted by molar-refractivity contribution is -0.194. The first kappa shape index (κ1) is 27.5. The summed E-state index contributed by atoms with van der Waals surface area (Å²) in [5.41, 5.74) is 2.51. The molecule has 0 unspecified atom stereocenters. The second-order valence-corrected chi connectivity index (χ2v) is 8.87. The van der Waals surface area contributed by atoms with Gasteiger partial charge in [-0.1, -0.05) is 76.8 Å². The molecule has 1 amide bonds. The van der Waals surface area contributed by atoms with E-state index in [9.17, 15) is 9.59 Å². The van der Waals surface area contributed by atoms with E-state index in [1.54, 1.807) is 17.5 Å². The Bertz CT molecular complexity index is 842. The number of hydroxylamine groups is 2. The zero-order valence-electron chi connectivity index (χ0n) is 20.9. The Hall–Kier alpha value is -2.73. The van der Waals surface area contributed by atoms with Crippen LogP contribution in [-0.2, 0) is 22.7 Å². The van der Waals surface area contributed by atoms with Gasteiger partial charge in [-0.3, -0.25) is 14.6 Å². The molecule has 0 spiro atoms. The van der Waals surface area contributed by atoms with E-state index in [2.05, 4.69) is 17.2 Å². The van der Waals surface area contributed by atoms with E-state index >= 15 is 0 Å². The van der Waals surface area contributed by atoms with Gasteiger partial charge in [-0.15, -0.1) is 5.06 Å². The van der Waals surface area contributed by atoms with Gasteiger partial charge < -0.3 is 10.2 Å². The van der Waals surface area contributed by atoms with Gasteiger partial charge in [0.2, 0.25) is 0 Å². The normalized spacial score (nSPS) is 10.9. The van der Waals surface area contributed by atoms with E-state index < -0.39 is 0 Å². The predicted molar refractivity (Wildman–Crippen MR) is 136 cm³/mol. The van der Waals surface area contributed by atoms with E-state index in [0.717, 1.165) is 24.0 Å². The summed E-state index contributed by atoms with van der Waals surface area (Å²) in [7, 11) is 0. The van der Waals surface area contributed by atoms with Crippen LogP contribution in [0.1, 0.15) is 99.5 Å². The molecule has 6 heteroatoms. The van der Waals surface area contributed by atoms with Crippen molar-refractivity contribution in [3.63, 3.8) is 0 Å². The lowest BCUT2D eigenvalue weighted by Crippen LogP contribution is -2.26. The van der Waals surface area contributed by atoms with Gasteiger partial charge >= 0.3 is 5.97 Å². The molecule has 2 rings (SSSR count). The van der Waals surface area contributed by atoms with Crippen molar-refractivity contribution in [3.8, 4) is 0 Å². The maximum atomic E-state index is 12.6. The molecule has 0 saturated heterocycles. The maximum Gasteiger partial charge on any atom is 0.322 e. The zero-order valence-corrected chi connectivity index (χ0v) is 20.9. The average Bonchev–Trinajstić information content (AvgIpc) is 2.83. The molecule has 1 N–H and O–H groups in total. The number of aromatic nitrogens is 1. The number of nitrogens with one attached hydrogen (secondary N) is 1. The van der Waals surface area contributed by atoms with Crippen LogP contribution in [0.5, 0.6) is 0 Å². The Morgan fingerprint density at radius 2 is 1.47 bits per heavy atom. The van der Waals surface area contributed by atoms with Crippen molar-refractivity contribution >= 4 is 11.9 Å². The first-order valence-corrected chi connectivity index (χ1v) is 12.8. The fourth-order valence-corrected chi connectivity index (χ4v) is 3.93. The number of benzene rings is 1. The molecule has 6 nitrogen and oxygen atoms in total. The monoisotopic (exact) mass is 467 g/mol. The van der Waals surface area contributed by atoms with Crippen molar-refractivity contribution < 1.29 is 14.4 Å². The third kappa shape index (κ3) is 11.9. The average molecular weight is 468 g/mol. The van der Waals surface area contributed by atoms with E-state index in [1.165, 1.54) is 58.3 Å². The highest BCUT2D eigenvalue weighted by molar-refractivity contribution is 5.94. The van der Waals surface area contributed by atoms with Crippen LogP contribution in [0.15, 0.2) is 48.8 Å². The van der Waals surface area contributed by atoms with E-state index in [1.807, 2.05) is 36.4 Å². The number of rotatable bonds is 17. The van der Waals surface area contributed by atoms with Crippen LogP contribution in [0, 0.1) is 0 Å². The predicted octanol–water partition coefficient (Wildman–Crippen LogP) is 6.21. The van der Waals surface area contributed by atoms with Gasteiger partial charge in [0.05, 0.1) is 13.1 Å². The third-order valence-electron chi connectivity index (χ3n) is 5.73. The number of pyridine rings is 1. The van der Waals surface area contributed by atoms with Gasteiger partial charge in [0.15, 0.2) is 0 Å². The van der Waals surface area contributed by atoms with Gasteiger partial charge in [-0.2, -0.15) is 0 Å². The zero-order chi connectivity index (χ0) is 24.4. The number of unbranched alkanes of at least 4 members (excludes halogenated alkanes) is 9. The first-order chi connectivity index (χ1) is 16.6. The topological polar surface area (TPSA) is 71.5 Å². The lowest BCUT2D eigenvalue weighted by Gasteiger charge is -2.21. The van der Waals surface area contributed by atoms with Gasteiger partial charge in [0.25, 0.3) is 5.91 Å². The summed E-state index contributed by atoms with van der Waals surface area (Å²) in [4.78, 5) is 33.5. The van der Waals surface area contributed by atoms with E-state index in [-0.39, 0.29) is 11.9 Å². The number of nitrogens with zero attached hydrogens (tertiary/aromatic N) is 2. The highest BCUT2D eigenvalue weighted by atomic mass is 16.7. The minimum Gasteiger partial charge on any atom is -0.368 e. The second kappa shape index (κ2) is 16.8. The molecular weight excluding hydrogens is 426 g/mol. The maximum absolute atomic E-state index is 12.6. The highest BCUT2D eigenvalue weighted by Crippen LogP contribution is 2.13. The summed E-state index contributed by atoms with van der Waals surface area (Å²) in [6.45, 7) is 5.16. The molecule has 1 heterocycles. The van der Waals surface area contributed by atoms with Crippen molar-refractivity contribution in [2.45, 2.75) is 91.1 Å². The van der Waals surface area contributed by atoms with Crippen LogP contribution in [-0.4, -0.2) is 28.5 Å². The molecule has 1 aromatic carbocycles. The van der Waals surface area contributed by atoms with Crippen LogP contribution in [0.25, 0.3) is 0 Å². The van der Waals surface area contributed by atoms with Crippen molar-refractivity contribution in [2.75, 3.05) is 6.54 Å². The van der Waals surface area contributed by atoms with Crippen LogP contribution < -0.4 is 5.32 Å². The van der Waals surface area contributed by atoms with E-state index in [4.69, 9.17) is 4.84 Å². The second-order valence-electron chi connectivity index (χ2n) is 8.87. The molecule has 0 atom stereocenters. The Morgan fingerprint density at radius 1 is 0.853 bits per heavy atom. The lowest BCUT2D eigenvalue weighted by atomic mass is 10.1. The van der Waals surface area contributed by atoms with Crippen molar-refractivity contribution in [2.24, 2.45) is 0 Å². The molecule has 0 aliphatic heterocycles. The number of hydrogen-bond acceptors (Lipinski definition) is 5. The van der Waals surface area contributed by atoms with Crippen LogP contribution in [0.2, 0.25) is 0 Å².